The molecule has 2 aliphatic rings. The van der Waals surface area contributed by atoms with E-state index in [1.54, 1.807) is 21.1 Å². The van der Waals surface area contributed by atoms with Gasteiger partial charge < -0.3 is 9.80 Å². The van der Waals surface area contributed by atoms with Gasteiger partial charge in [-0.1, -0.05) is 0 Å². The van der Waals surface area contributed by atoms with Crippen molar-refractivity contribution < 1.29 is 9.59 Å². The predicted octanol–water partition coefficient (Wildman–Crippen LogP) is 1.51. The highest BCUT2D eigenvalue weighted by atomic mass is 32.1. The normalized spacial score (nSPS) is 23.7. The summed E-state index contributed by atoms with van der Waals surface area (Å²) in [5.41, 5.74) is 1.25. The molecule has 3 rings (SSSR count). The van der Waals surface area contributed by atoms with Crippen LogP contribution in [0.1, 0.15) is 24.8 Å². The van der Waals surface area contributed by atoms with E-state index in [1.807, 2.05) is 5.38 Å². The Morgan fingerprint density at radius 2 is 2.21 bits per heavy atom. The molecule has 19 heavy (non-hydrogen) atoms. The molecular weight excluding hydrogens is 260 g/mol. The lowest BCUT2D eigenvalue weighted by molar-refractivity contribution is -0.157. The number of rotatable bonds is 3. The van der Waals surface area contributed by atoms with E-state index in [9.17, 15) is 9.59 Å². The first kappa shape index (κ1) is 12.7. The summed E-state index contributed by atoms with van der Waals surface area (Å²) in [6, 6.07) is 1.89. The molecule has 102 valence electrons. The maximum atomic E-state index is 12.4. The van der Waals surface area contributed by atoms with Crippen LogP contribution in [0.5, 0.6) is 0 Å². The highest BCUT2D eigenvalue weighted by molar-refractivity contribution is 7.07. The van der Waals surface area contributed by atoms with Gasteiger partial charge in [0.05, 0.1) is 6.54 Å². The van der Waals surface area contributed by atoms with Crippen LogP contribution < -0.4 is 0 Å². The second-order valence-electron chi connectivity index (χ2n) is 5.24. The van der Waals surface area contributed by atoms with Crippen molar-refractivity contribution in [1.29, 1.82) is 0 Å². The minimum absolute atomic E-state index is 0.120. The number of nitrogens with zero attached hydrogens (tertiary/aromatic N) is 2. The number of fused-ring (bicyclic) bond motifs is 1. The van der Waals surface area contributed by atoms with Crippen LogP contribution >= 0.6 is 11.3 Å². The number of hydrogen-bond acceptors (Lipinski definition) is 3. The third kappa shape index (κ3) is 2.52. The molecule has 2 saturated heterocycles. The van der Waals surface area contributed by atoms with Gasteiger partial charge in [-0.2, -0.15) is 11.3 Å². The van der Waals surface area contributed by atoms with Gasteiger partial charge >= 0.3 is 0 Å². The van der Waals surface area contributed by atoms with E-state index in [-0.39, 0.29) is 24.4 Å². The molecule has 3 heterocycles. The summed E-state index contributed by atoms with van der Waals surface area (Å²) in [5.74, 6) is 0.268. The quantitative estimate of drug-likeness (QED) is 0.841. The molecule has 2 aliphatic heterocycles. The molecule has 5 heteroatoms. The Kier molecular flexibility index (Phi) is 3.55. The lowest BCUT2D eigenvalue weighted by atomic mass is 9.98. The lowest BCUT2D eigenvalue weighted by Crippen LogP contribution is -2.61. The van der Waals surface area contributed by atoms with E-state index in [0.717, 1.165) is 32.2 Å². The zero-order valence-corrected chi connectivity index (χ0v) is 11.7. The van der Waals surface area contributed by atoms with Gasteiger partial charge in [0.25, 0.3) is 0 Å². The maximum Gasteiger partial charge on any atom is 0.245 e. The lowest BCUT2D eigenvalue weighted by Gasteiger charge is -2.42. The highest BCUT2D eigenvalue weighted by Gasteiger charge is 2.39. The van der Waals surface area contributed by atoms with Gasteiger partial charge in [0.15, 0.2) is 0 Å². The number of amides is 2. The van der Waals surface area contributed by atoms with Crippen LogP contribution in [0, 0.1) is 0 Å². The third-order valence-corrected chi connectivity index (χ3v) is 4.73. The predicted molar refractivity (Wildman–Crippen MR) is 74.0 cm³/mol. The largest absolute Gasteiger partial charge is 0.331 e. The first-order valence-corrected chi connectivity index (χ1v) is 7.79. The summed E-state index contributed by atoms with van der Waals surface area (Å²) < 4.78 is 0. The Morgan fingerprint density at radius 1 is 1.32 bits per heavy atom. The summed E-state index contributed by atoms with van der Waals surface area (Å²) in [5, 5.41) is 4.14. The van der Waals surface area contributed by atoms with Gasteiger partial charge in [-0.15, -0.1) is 0 Å². The van der Waals surface area contributed by atoms with E-state index < -0.39 is 0 Å². The van der Waals surface area contributed by atoms with E-state index >= 15 is 0 Å². The van der Waals surface area contributed by atoms with Crippen molar-refractivity contribution in [3.63, 3.8) is 0 Å². The summed E-state index contributed by atoms with van der Waals surface area (Å²) in [4.78, 5) is 28.0. The Bertz CT molecular complexity index is 472. The van der Waals surface area contributed by atoms with E-state index in [2.05, 4.69) is 11.4 Å². The summed E-state index contributed by atoms with van der Waals surface area (Å²) >= 11 is 1.67. The van der Waals surface area contributed by atoms with Crippen molar-refractivity contribution in [2.24, 2.45) is 0 Å². The number of carbonyl (C=O) groups excluding carboxylic acids is 2. The van der Waals surface area contributed by atoms with Gasteiger partial charge in [-0.3, -0.25) is 9.59 Å². The molecule has 0 spiro atoms. The number of thiophene rings is 1. The smallest absolute Gasteiger partial charge is 0.245 e. The van der Waals surface area contributed by atoms with Crippen LogP contribution in [0.3, 0.4) is 0 Å². The molecule has 1 unspecified atom stereocenters. The molecule has 1 aromatic rings. The monoisotopic (exact) mass is 278 g/mol. The molecule has 2 fully saturated rings. The molecule has 0 saturated carbocycles. The molecule has 1 aromatic heterocycles. The van der Waals surface area contributed by atoms with Crippen molar-refractivity contribution >= 4 is 23.2 Å². The zero-order valence-electron chi connectivity index (χ0n) is 10.9. The van der Waals surface area contributed by atoms with Crippen LogP contribution in [0.25, 0.3) is 0 Å². The second-order valence-corrected chi connectivity index (χ2v) is 6.02. The molecule has 4 nitrogen and oxygen atoms in total. The molecule has 0 aliphatic carbocycles. The first-order valence-electron chi connectivity index (χ1n) is 6.85. The Labute approximate surface area is 117 Å². The molecule has 2 amide bonds. The second kappa shape index (κ2) is 5.33. The maximum absolute atomic E-state index is 12.4. The van der Waals surface area contributed by atoms with Crippen LogP contribution in [0.15, 0.2) is 16.8 Å². The van der Waals surface area contributed by atoms with Crippen LogP contribution in [-0.4, -0.2) is 47.3 Å². The van der Waals surface area contributed by atoms with Crippen LogP contribution in [0.4, 0.5) is 0 Å². The highest BCUT2D eigenvalue weighted by Crippen LogP contribution is 2.23. The molecule has 1 atom stereocenters. The fraction of sp³-hybridized carbons (Fsp3) is 0.571. The summed E-state index contributed by atoms with van der Waals surface area (Å²) in [7, 11) is 0. The number of piperazine rings is 1. The van der Waals surface area contributed by atoms with Gasteiger partial charge in [0, 0.05) is 13.1 Å². The van der Waals surface area contributed by atoms with Crippen molar-refractivity contribution in [2.45, 2.75) is 31.7 Å². The minimum atomic E-state index is -0.183. The fourth-order valence-electron chi connectivity index (χ4n) is 2.92. The molecule has 0 bridgehead atoms. The van der Waals surface area contributed by atoms with E-state index in [1.165, 1.54) is 5.56 Å². The standard InChI is InChI=1S/C14H18N2O2S/c17-13-9-15(7-4-11-5-8-19-10-11)14(18)12-3-1-2-6-16(12)13/h5,8,10,12H,1-4,6-7,9H2. The molecule has 0 radical (unpaired) electrons. The summed E-state index contributed by atoms with van der Waals surface area (Å²) in [6.07, 6.45) is 3.76. The number of carbonyl (C=O) groups is 2. The van der Waals surface area contributed by atoms with E-state index in [0.29, 0.717) is 6.54 Å². The average molecular weight is 278 g/mol. The molecule has 0 aromatic carbocycles. The number of hydrogen-bond donors (Lipinski definition) is 0. The zero-order chi connectivity index (χ0) is 13.2. The minimum Gasteiger partial charge on any atom is -0.331 e. The fourth-order valence-corrected chi connectivity index (χ4v) is 3.62. The first-order chi connectivity index (χ1) is 9.25. The van der Waals surface area contributed by atoms with Gasteiger partial charge in [0.2, 0.25) is 11.8 Å². The topological polar surface area (TPSA) is 40.6 Å². The van der Waals surface area contributed by atoms with Gasteiger partial charge in [-0.25, -0.2) is 0 Å². The Hall–Kier alpha value is -1.36. The van der Waals surface area contributed by atoms with Crippen molar-refractivity contribution in [3.05, 3.63) is 22.4 Å². The Morgan fingerprint density at radius 3 is 3.00 bits per heavy atom. The average Bonchev–Trinajstić information content (AvgIpc) is 2.95. The van der Waals surface area contributed by atoms with Crippen LogP contribution in [-0.2, 0) is 16.0 Å². The molecular formula is C14H18N2O2S. The van der Waals surface area contributed by atoms with Crippen LogP contribution in [0.2, 0.25) is 0 Å². The summed E-state index contributed by atoms with van der Waals surface area (Å²) in [6.45, 7) is 1.68. The van der Waals surface area contributed by atoms with E-state index in [4.69, 9.17) is 0 Å². The SMILES string of the molecule is O=C1C2CCCCN2C(=O)CN1CCc1ccsc1. The van der Waals surface area contributed by atoms with Crippen molar-refractivity contribution in [3.8, 4) is 0 Å². The van der Waals surface area contributed by atoms with Gasteiger partial charge in [0.1, 0.15) is 6.04 Å². The van der Waals surface area contributed by atoms with Crippen molar-refractivity contribution in [1.82, 2.24) is 9.80 Å². The van der Waals surface area contributed by atoms with Gasteiger partial charge in [-0.05, 0) is 48.1 Å². The molecule has 0 N–H and O–H groups in total. The third-order valence-electron chi connectivity index (χ3n) is 4.00. The Balaban J connectivity index is 1.65. The van der Waals surface area contributed by atoms with Crippen molar-refractivity contribution in [2.75, 3.05) is 19.6 Å². The number of piperidine rings is 1.